The van der Waals surface area contributed by atoms with Crippen molar-refractivity contribution in [3.8, 4) is 0 Å². The maximum atomic E-state index is 11.9. The molecule has 22 heavy (non-hydrogen) atoms. The van der Waals surface area contributed by atoms with E-state index in [2.05, 4.69) is 4.99 Å². The van der Waals surface area contributed by atoms with Crippen LogP contribution in [0.15, 0.2) is 29.3 Å². The van der Waals surface area contributed by atoms with Gasteiger partial charge in [0.25, 0.3) is 0 Å². The van der Waals surface area contributed by atoms with Gasteiger partial charge < -0.3 is 4.90 Å². The normalized spacial score (nSPS) is 25.9. The number of anilines is 1. The quantitative estimate of drug-likeness (QED) is 0.789. The van der Waals surface area contributed by atoms with Gasteiger partial charge in [-0.25, -0.2) is 8.42 Å². The fraction of sp³-hybridized carbons (Fsp3) is 0.467. The minimum atomic E-state index is -3.04. The summed E-state index contributed by atoms with van der Waals surface area (Å²) in [6.07, 6.45) is 0. The molecule has 5 nitrogen and oxygen atoms in total. The molecule has 0 N–H and O–H groups in total. The number of ketones is 1. The number of fused-ring (bicyclic) bond motifs is 1. The van der Waals surface area contributed by atoms with Crippen LogP contribution in [0, 0.1) is 0 Å². The molecule has 2 unspecified atom stereocenters. The van der Waals surface area contributed by atoms with Crippen LogP contribution < -0.4 is 4.90 Å². The number of amidine groups is 1. The topological polar surface area (TPSA) is 66.8 Å². The summed E-state index contributed by atoms with van der Waals surface area (Å²) in [6.45, 7) is 3.57. The number of hydrogen-bond acceptors (Lipinski definition) is 6. The first-order valence-electron chi connectivity index (χ1n) is 7.22. The fourth-order valence-corrected chi connectivity index (χ4v) is 5.63. The van der Waals surface area contributed by atoms with Gasteiger partial charge in [0.05, 0.1) is 23.6 Å². The van der Waals surface area contributed by atoms with Crippen LogP contribution in [0.4, 0.5) is 5.69 Å². The largest absolute Gasteiger partial charge is 0.315 e. The smallest absolute Gasteiger partial charge is 0.164 e. The molecule has 1 fully saturated rings. The summed E-state index contributed by atoms with van der Waals surface area (Å²) in [7, 11) is -3.04. The molecule has 0 saturated carbocycles. The lowest BCUT2D eigenvalue weighted by atomic mass is 10.1. The Kier molecular flexibility index (Phi) is 4.03. The number of sulfone groups is 1. The van der Waals surface area contributed by atoms with Crippen molar-refractivity contribution in [3.63, 3.8) is 0 Å². The molecular weight excluding hydrogens is 320 g/mol. The van der Waals surface area contributed by atoms with E-state index in [1.807, 2.05) is 30.0 Å². The molecule has 2 aliphatic rings. The molecule has 2 aliphatic heterocycles. The summed E-state index contributed by atoms with van der Waals surface area (Å²) in [4.78, 5) is 18.2. The van der Waals surface area contributed by atoms with Crippen molar-refractivity contribution in [2.75, 3.05) is 22.2 Å². The zero-order chi connectivity index (χ0) is 15.9. The van der Waals surface area contributed by atoms with Crippen LogP contribution in [0.25, 0.3) is 0 Å². The van der Waals surface area contributed by atoms with Crippen LogP contribution in [0.2, 0.25) is 0 Å². The molecular formula is C15H18N2O3S2. The van der Waals surface area contributed by atoms with E-state index < -0.39 is 9.84 Å². The van der Waals surface area contributed by atoms with Gasteiger partial charge in [0.2, 0.25) is 0 Å². The van der Waals surface area contributed by atoms with E-state index >= 15 is 0 Å². The van der Waals surface area contributed by atoms with Gasteiger partial charge >= 0.3 is 0 Å². The second-order valence-corrected chi connectivity index (χ2v) is 8.92. The lowest BCUT2D eigenvalue weighted by Gasteiger charge is -2.26. The standard InChI is InChI=1S/C15H18N2O3S2/c1-3-21-15-16-13-8-22(19,20)9-14(13)17(15)12-6-4-5-11(7-12)10(2)18/h4-7,13-14H,3,8-9H2,1-2H3. The van der Waals surface area contributed by atoms with E-state index in [9.17, 15) is 13.2 Å². The zero-order valence-electron chi connectivity index (χ0n) is 12.5. The summed E-state index contributed by atoms with van der Waals surface area (Å²) < 4.78 is 23.8. The third kappa shape index (κ3) is 2.79. The number of nitrogens with zero attached hydrogens (tertiary/aromatic N) is 2. The van der Waals surface area contributed by atoms with Gasteiger partial charge in [0.15, 0.2) is 20.8 Å². The number of hydrogen-bond donors (Lipinski definition) is 0. The lowest BCUT2D eigenvalue weighted by Crippen LogP contribution is -2.39. The van der Waals surface area contributed by atoms with Gasteiger partial charge in [-0.2, -0.15) is 0 Å². The number of thioether (sulfide) groups is 1. The molecule has 7 heteroatoms. The Morgan fingerprint density at radius 1 is 1.41 bits per heavy atom. The van der Waals surface area contributed by atoms with Gasteiger partial charge in [-0.05, 0) is 24.8 Å². The number of aliphatic imine (C=N–C) groups is 1. The predicted molar refractivity (Wildman–Crippen MR) is 90.7 cm³/mol. The summed E-state index contributed by atoms with van der Waals surface area (Å²) in [5, 5.41) is 0.855. The van der Waals surface area contributed by atoms with E-state index in [0.29, 0.717) is 5.56 Å². The van der Waals surface area contributed by atoms with E-state index in [-0.39, 0.29) is 29.4 Å². The van der Waals surface area contributed by atoms with Crippen molar-refractivity contribution < 1.29 is 13.2 Å². The molecule has 0 aliphatic carbocycles. The molecule has 3 rings (SSSR count). The number of carbonyl (C=O) groups is 1. The number of carbonyl (C=O) groups excluding carboxylic acids is 1. The van der Waals surface area contributed by atoms with Crippen LogP contribution in [-0.4, -0.2) is 48.7 Å². The molecule has 1 saturated heterocycles. The molecule has 118 valence electrons. The van der Waals surface area contributed by atoms with E-state index in [1.165, 1.54) is 6.92 Å². The predicted octanol–water partition coefficient (Wildman–Crippen LogP) is 1.98. The number of rotatable bonds is 3. The van der Waals surface area contributed by atoms with Crippen molar-refractivity contribution >= 4 is 38.2 Å². The molecule has 0 bridgehead atoms. The van der Waals surface area contributed by atoms with Crippen molar-refractivity contribution in [2.45, 2.75) is 25.9 Å². The second-order valence-electron chi connectivity index (χ2n) is 5.53. The van der Waals surface area contributed by atoms with Crippen LogP contribution in [0.1, 0.15) is 24.2 Å². The van der Waals surface area contributed by atoms with Crippen molar-refractivity contribution in [3.05, 3.63) is 29.8 Å². The summed E-state index contributed by atoms with van der Waals surface area (Å²) in [5.41, 5.74) is 1.47. The molecule has 1 aromatic rings. The maximum absolute atomic E-state index is 11.9. The maximum Gasteiger partial charge on any atom is 0.164 e. The number of benzene rings is 1. The Labute approximate surface area is 134 Å². The third-order valence-corrected chi connectivity index (χ3v) is 6.46. The van der Waals surface area contributed by atoms with E-state index in [0.717, 1.165) is 16.6 Å². The van der Waals surface area contributed by atoms with Crippen LogP contribution >= 0.6 is 11.8 Å². The average Bonchev–Trinajstić information content (AvgIpc) is 2.90. The highest BCUT2D eigenvalue weighted by Crippen LogP contribution is 2.35. The summed E-state index contributed by atoms with van der Waals surface area (Å²) in [5.74, 6) is 1.11. The zero-order valence-corrected chi connectivity index (χ0v) is 14.2. The first kappa shape index (κ1) is 15.6. The monoisotopic (exact) mass is 338 g/mol. The Hall–Kier alpha value is -1.34. The molecule has 0 amide bonds. The van der Waals surface area contributed by atoms with E-state index in [1.54, 1.807) is 17.8 Å². The molecule has 1 aromatic carbocycles. The third-order valence-electron chi connectivity index (χ3n) is 3.91. The van der Waals surface area contributed by atoms with Gasteiger partial charge in [0.1, 0.15) is 0 Å². The fourth-order valence-electron chi connectivity index (χ4n) is 2.94. The SMILES string of the molecule is CCSC1=NC2CS(=O)(=O)CC2N1c1cccc(C(C)=O)c1. The Morgan fingerprint density at radius 3 is 2.86 bits per heavy atom. The Bertz CT molecular complexity index is 743. The summed E-state index contributed by atoms with van der Waals surface area (Å²) in [6, 6.07) is 6.99. The van der Waals surface area contributed by atoms with Crippen molar-refractivity contribution in [1.82, 2.24) is 0 Å². The molecule has 0 aromatic heterocycles. The summed E-state index contributed by atoms with van der Waals surface area (Å²) >= 11 is 1.61. The van der Waals surface area contributed by atoms with Crippen LogP contribution in [0.5, 0.6) is 0 Å². The molecule has 2 atom stereocenters. The highest BCUT2D eigenvalue weighted by atomic mass is 32.2. The second kappa shape index (κ2) is 5.70. The molecule has 0 spiro atoms. The van der Waals surface area contributed by atoms with Crippen LogP contribution in [0.3, 0.4) is 0 Å². The van der Waals surface area contributed by atoms with Crippen LogP contribution in [-0.2, 0) is 9.84 Å². The Morgan fingerprint density at radius 2 is 2.18 bits per heavy atom. The Balaban J connectivity index is 2.01. The average molecular weight is 338 g/mol. The van der Waals surface area contributed by atoms with Crippen molar-refractivity contribution in [2.24, 2.45) is 4.99 Å². The van der Waals surface area contributed by atoms with Gasteiger partial charge in [-0.1, -0.05) is 30.8 Å². The minimum absolute atomic E-state index is 0.00160. The lowest BCUT2D eigenvalue weighted by molar-refractivity contribution is 0.101. The van der Waals surface area contributed by atoms with Gasteiger partial charge in [-0.3, -0.25) is 9.79 Å². The first-order chi connectivity index (χ1) is 10.4. The van der Waals surface area contributed by atoms with Gasteiger partial charge in [-0.15, -0.1) is 0 Å². The highest BCUT2D eigenvalue weighted by Gasteiger charge is 2.47. The van der Waals surface area contributed by atoms with E-state index in [4.69, 9.17) is 0 Å². The van der Waals surface area contributed by atoms with Crippen molar-refractivity contribution in [1.29, 1.82) is 0 Å². The first-order valence-corrected chi connectivity index (χ1v) is 10.0. The molecule has 2 heterocycles. The van der Waals surface area contributed by atoms with Gasteiger partial charge in [0, 0.05) is 11.3 Å². The molecule has 0 radical (unpaired) electrons. The number of Topliss-reactive ketones (excluding diaryl/α,β-unsaturated/α-hetero) is 1. The minimum Gasteiger partial charge on any atom is -0.315 e. The highest BCUT2D eigenvalue weighted by molar-refractivity contribution is 8.14.